The number of rotatable bonds is 4. The van der Waals surface area contributed by atoms with Crippen LogP contribution in [0.25, 0.3) is 0 Å². The fraction of sp³-hybridized carbons (Fsp3) is 0.286. The molecule has 100 valence electrons. The lowest BCUT2D eigenvalue weighted by Gasteiger charge is -2.08. The summed E-state index contributed by atoms with van der Waals surface area (Å²) in [7, 11) is 0. The number of amides is 1. The lowest BCUT2D eigenvalue weighted by atomic mass is 10.1. The number of halogens is 1. The van der Waals surface area contributed by atoms with Crippen molar-refractivity contribution >= 4 is 21.8 Å². The maximum Gasteiger partial charge on any atom is 0.251 e. The molecule has 2 rings (SSSR count). The molecule has 0 aliphatic rings. The third-order valence-electron chi connectivity index (χ3n) is 2.85. The van der Waals surface area contributed by atoms with E-state index in [2.05, 4.69) is 26.3 Å². The van der Waals surface area contributed by atoms with Gasteiger partial charge in [0.2, 0.25) is 0 Å². The Labute approximate surface area is 120 Å². The third-order valence-corrected chi connectivity index (χ3v) is 3.26. The molecule has 19 heavy (non-hydrogen) atoms. The summed E-state index contributed by atoms with van der Waals surface area (Å²) >= 11 is 3.34. The van der Waals surface area contributed by atoms with Gasteiger partial charge in [-0.1, -0.05) is 17.7 Å². The first kappa shape index (κ1) is 13.8. The molecule has 0 saturated carbocycles. The van der Waals surface area contributed by atoms with Crippen molar-refractivity contribution in [2.45, 2.75) is 20.4 Å². The van der Waals surface area contributed by atoms with E-state index < -0.39 is 0 Å². The van der Waals surface area contributed by atoms with Gasteiger partial charge in [0.15, 0.2) is 0 Å². The van der Waals surface area contributed by atoms with Gasteiger partial charge in [-0.25, -0.2) is 0 Å². The maximum atomic E-state index is 12.0. The molecule has 0 aliphatic carbocycles. The van der Waals surface area contributed by atoms with Gasteiger partial charge < -0.3 is 5.32 Å². The molecule has 1 N–H and O–H groups in total. The van der Waals surface area contributed by atoms with Crippen LogP contribution in [-0.2, 0) is 6.54 Å². The molecular formula is C14H16BrN3O. The van der Waals surface area contributed by atoms with Crippen molar-refractivity contribution in [1.29, 1.82) is 0 Å². The van der Waals surface area contributed by atoms with E-state index in [0.29, 0.717) is 13.1 Å². The zero-order valence-corrected chi connectivity index (χ0v) is 12.6. The average Bonchev–Trinajstić information content (AvgIpc) is 2.75. The molecular weight excluding hydrogens is 306 g/mol. The number of aromatic nitrogens is 2. The molecule has 1 amide bonds. The highest BCUT2D eigenvalue weighted by Crippen LogP contribution is 2.10. The number of aryl methyl sites for hydroxylation is 2. The highest BCUT2D eigenvalue weighted by molar-refractivity contribution is 9.10. The van der Waals surface area contributed by atoms with Gasteiger partial charge in [0, 0.05) is 18.3 Å². The summed E-state index contributed by atoms with van der Waals surface area (Å²) in [4.78, 5) is 12.0. The zero-order chi connectivity index (χ0) is 13.8. The number of hydrogen-bond acceptors (Lipinski definition) is 2. The summed E-state index contributed by atoms with van der Waals surface area (Å²) in [6.45, 7) is 5.18. The van der Waals surface area contributed by atoms with Crippen molar-refractivity contribution in [2.24, 2.45) is 0 Å². The minimum atomic E-state index is -0.0382. The second kappa shape index (κ2) is 6.02. The topological polar surface area (TPSA) is 46.9 Å². The third kappa shape index (κ3) is 3.67. The molecule has 0 aliphatic heterocycles. The second-order valence-electron chi connectivity index (χ2n) is 4.50. The van der Waals surface area contributed by atoms with Crippen LogP contribution in [0.1, 0.15) is 21.5 Å². The quantitative estimate of drug-likeness (QED) is 0.941. The summed E-state index contributed by atoms with van der Waals surface area (Å²) in [5.41, 5.74) is 2.89. The zero-order valence-electron chi connectivity index (χ0n) is 11.0. The molecule has 1 heterocycles. The maximum absolute atomic E-state index is 12.0. The van der Waals surface area contributed by atoms with E-state index >= 15 is 0 Å². The Morgan fingerprint density at radius 2 is 2.21 bits per heavy atom. The number of benzene rings is 1. The van der Waals surface area contributed by atoms with E-state index in [1.165, 1.54) is 0 Å². The molecule has 0 unspecified atom stereocenters. The van der Waals surface area contributed by atoms with Crippen LogP contribution in [0.2, 0.25) is 0 Å². The van der Waals surface area contributed by atoms with Gasteiger partial charge in [0.25, 0.3) is 5.91 Å². The Hall–Kier alpha value is -1.62. The van der Waals surface area contributed by atoms with E-state index in [-0.39, 0.29) is 5.91 Å². The first-order valence-electron chi connectivity index (χ1n) is 6.09. The van der Waals surface area contributed by atoms with E-state index in [4.69, 9.17) is 0 Å². The molecule has 0 bridgehead atoms. The van der Waals surface area contributed by atoms with Crippen molar-refractivity contribution in [3.05, 3.63) is 51.8 Å². The van der Waals surface area contributed by atoms with Gasteiger partial charge in [-0.2, -0.15) is 5.10 Å². The van der Waals surface area contributed by atoms with Crippen LogP contribution < -0.4 is 5.32 Å². The molecule has 0 saturated heterocycles. The summed E-state index contributed by atoms with van der Waals surface area (Å²) in [6, 6.07) is 5.83. The standard InChI is InChI=1S/C14H16BrN3O/c1-10-3-4-13(11(2)7-10)14(19)16-5-6-18-9-12(15)8-17-18/h3-4,7-9H,5-6H2,1-2H3,(H,16,19). The average molecular weight is 322 g/mol. The monoisotopic (exact) mass is 321 g/mol. The van der Waals surface area contributed by atoms with Gasteiger partial charge >= 0.3 is 0 Å². The number of carbonyl (C=O) groups is 1. The first-order chi connectivity index (χ1) is 9.06. The number of carbonyl (C=O) groups excluding carboxylic acids is 1. The van der Waals surface area contributed by atoms with E-state index in [9.17, 15) is 4.79 Å². The molecule has 0 fully saturated rings. The predicted molar refractivity (Wildman–Crippen MR) is 78.2 cm³/mol. The molecule has 0 atom stereocenters. The normalized spacial score (nSPS) is 10.5. The summed E-state index contributed by atoms with van der Waals surface area (Å²) in [6.07, 6.45) is 3.61. The minimum absolute atomic E-state index is 0.0382. The van der Waals surface area contributed by atoms with Crippen LogP contribution >= 0.6 is 15.9 Å². The van der Waals surface area contributed by atoms with Crippen molar-refractivity contribution in [1.82, 2.24) is 15.1 Å². The highest BCUT2D eigenvalue weighted by atomic mass is 79.9. The molecule has 1 aromatic heterocycles. The summed E-state index contributed by atoms with van der Waals surface area (Å²) in [5.74, 6) is -0.0382. The fourth-order valence-corrected chi connectivity index (χ4v) is 2.24. The van der Waals surface area contributed by atoms with Crippen LogP contribution in [-0.4, -0.2) is 22.2 Å². The lowest BCUT2D eigenvalue weighted by molar-refractivity contribution is 0.0951. The van der Waals surface area contributed by atoms with Crippen molar-refractivity contribution in [2.75, 3.05) is 6.54 Å². The number of nitrogens with one attached hydrogen (secondary N) is 1. The lowest BCUT2D eigenvalue weighted by Crippen LogP contribution is -2.27. The Morgan fingerprint density at radius 3 is 2.84 bits per heavy atom. The van der Waals surface area contributed by atoms with E-state index in [1.807, 2.05) is 38.2 Å². The molecule has 0 spiro atoms. The van der Waals surface area contributed by atoms with Crippen LogP contribution in [0, 0.1) is 13.8 Å². The Morgan fingerprint density at radius 1 is 1.42 bits per heavy atom. The molecule has 5 heteroatoms. The van der Waals surface area contributed by atoms with Gasteiger partial charge in [-0.15, -0.1) is 0 Å². The van der Waals surface area contributed by atoms with Gasteiger partial charge in [0.1, 0.15) is 0 Å². The SMILES string of the molecule is Cc1ccc(C(=O)NCCn2cc(Br)cn2)c(C)c1. The first-order valence-corrected chi connectivity index (χ1v) is 6.89. The van der Waals surface area contributed by atoms with E-state index in [0.717, 1.165) is 21.2 Å². The van der Waals surface area contributed by atoms with E-state index in [1.54, 1.807) is 10.9 Å². The van der Waals surface area contributed by atoms with Gasteiger partial charge in [-0.3, -0.25) is 9.48 Å². The highest BCUT2D eigenvalue weighted by Gasteiger charge is 2.08. The molecule has 2 aromatic rings. The number of hydrogen-bond donors (Lipinski definition) is 1. The van der Waals surface area contributed by atoms with Crippen LogP contribution in [0.5, 0.6) is 0 Å². The van der Waals surface area contributed by atoms with Gasteiger partial charge in [0.05, 0.1) is 17.2 Å². The Balaban J connectivity index is 1.90. The van der Waals surface area contributed by atoms with Crippen molar-refractivity contribution in [3.63, 3.8) is 0 Å². The summed E-state index contributed by atoms with van der Waals surface area (Å²) < 4.78 is 2.72. The summed E-state index contributed by atoms with van der Waals surface area (Å²) in [5, 5.41) is 7.03. The van der Waals surface area contributed by atoms with Crippen LogP contribution in [0.15, 0.2) is 35.1 Å². The number of nitrogens with zero attached hydrogens (tertiary/aromatic N) is 2. The minimum Gasteiger partial charge on any atom is -0.350 e. The van der Waals surface area contributed by atoms with Crippen molar-refractivity contribution < 1.29 is 4.79 Å². The molecule has 0 radical (unpaired) electrons. The predicted octanol–water partition coefficient (Wildman–Crippen LogP) is 2.69. The largest absolute Gasteiger partial charge is 0.350 e. The van der Waals surface area contributed by atoms with Crippen LogP contribution in [0.3, 0.4) is 0 Å². The molecule has 1 aromatic carbocycles. The smallest absolute Gasteiger partial charge is 0.251 e. The van der Waals surface area contributed by atoms with Crippen LogP contribution in [0.4, 0.5) is 0 Å². The van der Waals surface area contributed by atoms with Gasteiger partial charge in [-0.05, 0) is 41.4 Å². The Kier molecular flexibility index (Phi) is 4.37. The Bertz CT molecular complexity index is 592. The fourth-order valence-electron chi connectivity index (χ4n) is 1.91. The van der Waals surface area contributed by atoms with Crippen molar-refractivity contribution in [3.8, 4) is 0 Å². The molecule has 4 nitrogen and oxygen atoms in total. The second-order valence-corrected chi connectivity index (χ2v) is 5.41.